The van der Waals surface area contributed by atoms with Crippen LogP contribution in [0.25, 0.3) is 0 Å². The van der Waals surface area contributed by atoms with Crippen LogP contribution in [-0.2, 0) is 4.79 Å². The summed E-state index contributed by atoms with van der Waals surface area (Å²) >= 11 is 0. The number of aliphatic hydroxyl groups excluding tert-OH is 1. The summed E-state index contributed by atoms with van der Waals surface area (Å²) in [6, 6.07) is -1.35. The maximum atomic E-state index is 10.3. The lowest BCUT2D eigenvalue weighted by Crippen LogP contribution is -2.42. The summed E-state index contributed by atoms with van der Waals surface area (Å²) in [4.78, 5) is 10.3. The monoisotopic (exact) mass is 146 g/mol. The summed E-state index contributed by atoms with van der Waals surface area (Å²) in [5, 5.41) is 20.1. The van der Waals surface area contributed by atoms with Gasteiger partial charge in [-0.05, 0) is 0 Å². The molecule has 0 unspecified atom stereocenters. The quantitative estimate of drug-likeness (QED) is 0.334. The largest absolute Gasteiger partial charge is 0.480 e. The van der Waals surface area contributed by atoms with Gasteiger partial charge in [0.25, 0.3) is 0 Å². The van der Waals surface area contributed by atoms with Crippen LogP contribution < -0.4 is 11.1 Å². The van der Waals surface area contributed by atoms with Gasteiger partial charge in [-0.25, -0.2) is 0 Å². The zero-order chi connectivity index (χ0) is 7.72. The molecular formula is C5H10N2O3. The molecule has 0 saturated carbocycles. The number of carboxylic acids is 1. The Labute approximate surface area is 57.8 Å². The Morgan fingerprint density at radius 3 is 2.50 bits per heavy atom. The Bertz CT molecular complexity index is 150. The number of hydrogen-bond donors (Lipinski definition) is 4. The lowest BCUT2D eigenvalue weighted by molar-refractivity contribution is -0.141. The van der Waals surface area contributed by atoms with Gasteiger partial charge in [-0.1, -0.05) is 0 Å². The first kappa shape index (κ1) is 7.46. The average Bonchev–Trinajstić information content (AvgIpc) is 2.14. The van der Waals surface area contributed by atoms with Crippen molar-refractivity contribution in [3.05, 3.63) is 0 Å². The van der Waals surface area contributed by atoms with Gasteiger partial charge >= 0.3 is 5.97 Å². The zero-order valence-electron chi connectivity index (χ0n) is 5.32. The van der Waals surface area contributed by atoms with Crippen molar-refractivity contribution in [3.63, 3.8) is 0 Å². The molecule has 3 atom stereocenters. The highest BCUT2D eigenvalue weighted by Gasteiger charge is 2.36. The highest BCUT2D eigenvalue weighted by Crippen LogP contribution is 2.05. The Balaban J connectivity index is 2.57. The average molecular weight is 146 g/mol. The van der Waals surface area contributed by atoms with Gasteiger partial charge in [0, 0.05) is 12.6 Å². The van der Waals surface area contributed by atoms with E-state index in [9.17, 15) is 4.79 Å². The maximum absolute atomic E-state index is 10.3. The lowest BCUT2D eigenvalue weighted by atomic mass is 10.1. The third kappa shape index (κ3) is 1.11. The first-order valence-electron chi connectivity index (χ1n) is 3.03. The molecule has 0 radical (unpaired) electrons. The van der Waals surface area contributed by atoms with Crippen molar-refractivity contribution in [1.29, 1.82) is 0 Å². The van der Waals surface area contributed by atoms with E-state index in [0.29, 0.717) is 6.54 Å². The van der Waals surface area contributed by atoms with Gasteiger partial charge in [0.15, 0.2) is 0 Å². The van der Waals surface area contributed by atoms with Crippen LogP contribution in [0.3, 0.4) is 0 Å². The van der Waals surface area contributed by atoms with Crippen LogP contribution in [0.1, 0.15) is 0 Å². The van der Waals surface area contributed by atoms with E-state index in [1.165, 1.54) is 0 Å². The zero-order valence-corrected chi connectivity index (χ0v) is 5.32. The minimum absolute atomic E-state index is 0.359. The molecular weight excluding hydrogens is 136 g/mol. The SMILES string of the molecule is N[C@H]1CN[C@H](C(=O)O)[C@@H]1O. The van der Waals surface area contributed by atoms with Crippen molar-refractivity contribution < 1.29 is 15.0 Å². The molecule has 1 aliphatic heterocycles. The van der Waals surface area contributed by atoms with Gasteiger partial charge in [-0.3, -0.25) is 4.79 Å². The highest BCUT2D eigenvalue weighted by molar-refractivity contribution is 5.75. The number of carbonyl (C=O) groups is 1. The summed E-state index contributed by atoms with van der Waals surface area (Å²) in [6.45, 7) is 0.359. The van der Waals surface area contributed by atoms with Gasteiger partial charge in [-0.15, -0.1) is 0 Å². The Hall–Kier alpha value is -0.650. The minimum atomic E-state index is -1.06. The van der Waals surface area contributed by atoms with Crippen LogP contribution in [0, 0.1) is 0 Å². The van der Waals surface area contributed by atoms with Crippen molar-refractivity contribution in [2.24, 2.45) is 5.73 Å². The summed E-state index contributed by atoms with van der Waals surface area (Å²) in [5.41, 5.74) is 5.33. The standard InChI is InChI=1S/C5H10N2O3/c6-2-1-7-3(4(2)8)5(9)10/h2-4,7-8H,1,6H2,(H,9,10)/t2-,3-,4+/m0/s1. The molecule has 58 valence electrons. The number of carboxylic acid groups (broad SMARTS) is 1. The number of hydrogen-bond acceptors (Lipinski definition) is 4. The van der Waals surface area contributed by atoms with Crippen LogP contribution in [0.15, 0.2) is 0 Å². The fourth-order valence-electron chi connectivity index (χ4n) is 0.985. The molecule has 5 nitrogen and oxygen atoms in total. The number of rotatable bonds is 1. The predicted octanol–water partition coefficient (Wildman–Crippen LogP) is -2.27. The van der Waals surface area contributed by atoms with Crippen LogP contribution in [0.4, 0.5) is 0 Å². The molecule has 0 aromatic rings. The molecule has 0 aliphatic carbocycles. The van der Waals surface area contributed by atoms with Crippen LogP contribution in [0.5, 0.6) is 0 Å². The minimum Gasteiger partial charge on any atom is -0.480 e. The van der Waals surface area contributed by atoms with Gasteiger partial charge in [-0.2, -0.15) is 0 Å². The van der Waals surface area contributed by atoms with Crippen LogP contribution in [0.2, 0.25) is 0 Å². The third-order valence-electron chi connectivity index (χ3n) is 1.62. The second-order valence-corrected chi connectivity index (χ2v) is 2.38. The van der Waals surface area contributed by atoms with E-state index in [1.54, 1.807) is 0 Å². The fourth-order valence-corrected chi connectivity index (χ4v) is 0.985. The van der Waals surface area contributed by atoms with Crippen LogP contribution in [-0.4, -0.2) is 40.9 Å². The molecule has 10 heavy (non-hydrogen) atoms. The molecule has 0 aromatic carbocycles. The van der Waals surface area contributed by atoms with Crippen LogP contribution >= 0.6 is 0 Å². The van der Waals surface area contributed by atoms with E-state index >= 15 is 0 Å². The smallest absolute Gasteiger partial charge is 0.323 e. The second-order valence-electron chi connectivity index (χ2n) is 2.38. The Morgan fingerprint density at radius 2 is 2.30 bits per heavy atom. The first-order valence-corrected chi connectivity index (χ1v) is 3.03. The molecule has 5 N–H and O–H groups in total. The number of nitrogens with two attached hydrogens (primary N) is 1. The van der Waals surface area contributed by atoms with E-state index < -0.39 is 24.2 Å². The molecule has 0 aromatic heterocycles. The topological polar surface area (TPSA) is 95.6 Å². The summed E-state index contributed by atoms with van der Waals surface area (Å²) in [7, 11) is 0. The summed E-state index contributed by atoms with van der Waals surface area (Å²) in [6.07, 6.45) is -0.961. The van der Waals surface area contributed by atoms with Crippen molar-refractivity contribution in [2.75, 3.05) is 6.54 Å². The molecule has 1 fully saturated rings. The maximum Gasteiger partial charge on any atom is 0.323 e. The molecule has 0 spiro atoms. The summed E-state index contributed by atoms with van der Waals surface area (Å²) in [5.74, 6) is -1.06. The molecule has 5 heteroatoms. The van der Waals surface area contributed by atoms with Gasteiger partial charge in [0.1, 0.15) is 6.04 Å². The lowest BCUT2D eigenvalue weighted by Gasteiger charge is -2.10. The van der Waals surface area contributed by atoms with E-state index in [2.05, 4.69) is 5.32 Å². The molecule has 0 amide bonds. The van der Waals surface area contributed by atoms with E-state index in [0.717, 1.165) is 0 Å². The predicted molar refractivity (Wildman–Crippen MR) is 33.4 cm³/mol. The molecule has 0 bridgehead atoms. The Morgan fingerprint density at radius 1 is 1.70 bits per heavy atom. The number of aliphatic carboxylic acids is 1. The number of nitrogens with one attached hydrogen (secondary N) is 1. The number of aliphatic hydroxyl groups is 1. The highest BCUT2D eigenvalue weighted by atomic mass is 16.4. The van der Waals surface area contributed by atoms with Crippen molar-refractivity contribution in [3.8, 4) is 0 Å². The molecule has 1 saturated heterocycles. The van der Waals surface area contributed by atoms with Gasteiger partial charge < -0.3 is 21.3 Å². The second kappa shape index (κ2) is 2.53. The molecule has 1 heterocycles. The van der Waals surface area contributed by atoms with Crippen molar-refractivity contribution in [2.45, 2.75) is 18.2 Å². The van der Waals surface area contributed by atoms with Crippen molar-refractivity contribution >= 4 is 5.97 Å². The van der Waals surface area contributed by atoms with E-state index in [4.69, 9.17) is 15.9 Å². The molecule has 1 aliphatic rings. The van der Waals surface area contributed by atoms with E-state index in [-0.39, 0.29) is 0 Å². The van der Waals surface area contributed by atoms with Crippen molar-refractivity contribution in [1.82, 2.24) is 5.32 Å². The van der Waals surface area contributed by atoms with E-state index in [1.807, 2.05) is 0 Å². The third-order valence-corrected chi connectivity index (χ3v) is 1.62. The van der Waals surface area contributed by atoms with Gasteiger partial charge in [0.05, 0.1) is 6.10 Å². The summed E-state index contributed by atoms with van der Waals surface area (Å²) < 4.78 is 0. The first-order chi connectivity index (χ1) is 4.63. The fraction of sp³-hybridized carbons (Fsp3) is 0.800. The molecule has 1 rings (SSSR count). The Kier molecular flexibility index (Phi) is 1.89. The normalized spacial score (nSPS) is 40.0. The van der Waals surface area contributed by atoms with Gasteiger partial charge in [0.2, 0.25) is 0 Å².